The number of anilines is 1. The lowest BCUT2D eigenvalue weighted by atomic mass is 9.81. The Labute approximate surface area is 81.7 Å². The second-order valence-corrected chi connectivity index (χ2v) is 3.31. The van der Waals surface area contributed by atoms with E-state index in [1.165, 1.54) is 6.07 Å². The lowest BCUT2D eigenvalue weighted by Crippen LogP contribution is -2.33. The summed E-state index contributed by atoms with van der Waals surface area (Å²) in [5.74, 6) is 0.535. The molecule has 0 amide bonds. The van der Waals surface area contributed by atoms with Crippen LogP contribution >= 0.6 is 0 Å². The van der Waals surface area contributed by atoms with Gasteiger partial charge < -0.3 is 20.5 Å². The van der Waals surface area contributed by atoms with Crippen LogP contribution in [-0.4, -0.2) is 28.3 Å². The van der Waals surface area contributed by atoms with Crippen molar-refractivity contribution in [2.75, 3.05) is 5.73 Å². The van der Waals surface area contributed by atoms with Crippen LogP contribution in [0.25, 0.3) is 0 Å². The van der Waals surface area contributed by atoms with Crippen LogP contribution in [0, 0.1) is 0 Å². The molecule has 0 radical (unpaired) electrons. The van der Waals surface area contributed by atoms with E-state index in [1.807, 2.05) is 0 Å². The van der Waals surface area contributed by atoms with Crippen molar-refractivity contribution in [3.05, 3.63) is 12.1 Å². The van der Waals surface area contributed by atoms with E-state index in [1.54, 1.807) is 6.07 Å². The van der Waals surface area contributed by atoms with Gasteiger partial charge in [-0.3, -0.25) is 0 Å². The Bertz CT molecular complexity index is 341. The lowest BCUT2D eigenvalue weighted by molar-refractivity contribution is 0.291. The molecule has 0 bridgehead atoms. The van der Waals surface area contributed by atoms with Gasteiger partial charge in [0.15, 0.2) is 0 Å². The summed E-state index contributed by atoms with van der Waals surface area (Å²) in [5.41, 5.74) is 5.71. The second-order valence-electron chi connectivity index (χ2n) is 3.31. The first-order valence-corrected chi connectivity index (χ1v) is 4.46. The largest absolute Gasteiger partial charge is 0.492 e. The molecule has 0 atom stereocenters. The van der Waals surface area contributed by atoms with Gasteiger partial charge in [-0.15, -0.1) is 0 Å². The van der Waals surface area contributed by atoms with Gasteiger partial charge in [-0.1, -0.05) is 6.07 Å². The highest BCUT2D eigenvalue weighted by molar-refractivity contribution is 6.60. The van der Waals surface area contributed by atoms with Crippen LogP contribution < -0.4 is 15.9 Å². The van der Waals surface area contributed by atoms with E-state index >= 15 is 0 Å². The maximum Gasteiger partial charge on any atom is 0.492 e. The molecule has 0 aromatic carbocycles. The van der Waals surface area contributed by atoms with Crippen LogP contribution in [0.15, 0.2) is 12.1 Å². The highest BCUT2D eigenvalue weighted by Crippen LogP contribution is 2.25. The number of nitrogens with two attached hydrogens (primary N) is 1. The molecule has 0 unspecified atom stereocenters. The average molecular weight is 194 g/mol. The molecule has 0 spiro atoms. The number of nitrogen functional groups attached to an aromatic ring is 1. The molecule has 74 valence electrons. The Kier molecular flexibility index (Phi) is 2.31. The number of hydrogen-bond donors (Lipinski definition) is 3. The van der Waals surface area contributed by atoms with Crippen LogP contribution in [0.5, 0.6) is 5.88 Å². The molecule has 1 aromatic rings. The Hall–Kier alpha value is -1.27. The number of ether oxygens (including phenoxy) is 1. The zero-order valence-electron chi connectivity index (χ0n) is 7.55. The van der Waals surface area contributed by atoms with Crippen LogP contribution in [0.3, 0.4) is 0 Å². The standard InChI is InChI=1S/C8H11BN2O3/c10-8-6(9(12)13)3-4-7(11-8)14-5-1-2-5/h3-5,12-13H,1-2H2,(H2,10,11). The molecule has 1 fully saturated rings. The van der Waals surface area contributed by atoms with Gasteiger partial charge in [-0.25, -0.2) is 0 Å². The number of rotatable bonds is 3. The summed E-state index contributed by atoms with van der Waals surface area (Å²) in [4.78, 5) is 3.91. The second kappa shape index (κ2) is 3.47. The monoisotopic (exact) mass is 194 g/mol. The van der Waals surface area contributed by atoms with Crippen LogP contribution in [0.4, 0.5) is 5.82 Å². The predicted molar refractivity (Wildman–Crippen MR) is 52.1 cm³/mol. The van der Waals surface area contributed by atoms with Crippen LogP contribution in [0.1, 0.15) is 12.8 Å². The molecule has 1 aliphatic rings. The van der Waals surface area contributed by atoms with E-state index in [-0.39, 0.29) is 17.4 Å². The van der Waals surface area contributed by atoms with E-state index < -0.39 is 7.12 Å². The topological polar surface area (TPSA) is 88.6 Å². The fourth-order valence-corrected chi connectivity index (χ4v) is 1.11. The molecule has 1 saturated carbocycles. The van der Waals surface area contributed by atoms with Gasteiger partial charge in [-0.05, 0) is 12.8 Å². The van der Waals surface area contributed by atoms with Gasteiger partial charge >= 0.3 is 7.12 Å². The maximum absolute atomic E-state index is 8.88. The van der Waals surface area contributed by atoms with Crippen molar-refractivity contribution in [2.45, 2.75) is 18.9 Å². The summed E-state index contributed by atoms with van der Waals surface area (Å²) in [6, 6.07) is 3.09. The minimum atomic E-state index is -1.59. The van der Waals surface area contributed by atoms with E-state index in [0.717, 1.165) is 12.8 Å². The minimum absolute atomic E-state index is 0.0955. The van der Waals surface area contributed by atoms with Crippen molar-refractivity contribution in [3.63, 3.8) is 0 Å². The molecular weight excluding hydrogens is 183 g/mol. The summed E-state index contributed by atoms with van der Waals surface area (Å²) in [6.45, 7) is 0. The molecule has 0 saturated heterocycles. The maximum atomic E-state index is 8.88. The van der Waals surface area contributed by atoms with E-state index in [2.05, 4.69) is 4.98 Å². The van der Waals surface area contributed by atoms with Crippen LogP contribution in [0.2, 0.25) is 0 Å². The highest BCUT2D eigenvalue weighted by Gasteiger charge is 2.24. The van der Waals surface area contributed by atoms with Crippen molar-refractivity contribution >= 4 is 18.4 Å². The fraction of sp³-hybridized carbons (Fsp3) is 0.375. The molecule has 6 heteroatoms. The van der Waals surface area contributed by atoms with Crippen molar-refractivity contribution in [3.8, 4) is 5.88 Å². The first kappa shape index (κ1) is 9.30. The molecule has 5 nitrogen and oxygen atoms in total. The molecular formula is C8H11BN2O3. The van der Waals surface area contributed by atoms with Crippen LogP contribution in [-0.2, 0) is 0 Å². The predicted octanol–water partition coefficient (Wildman–Crippen LogP) is -1.12. The number of nitrogens with zero attached hydrogens (tertiary/aromatic N) is 1. The first-order valence-electron chi connectivity index (χ1n) is 4.46. The van der Waals surface area contributed by atoms with E-state index in [4.69, 9.17) is 20.5 Å². The number of pyridine rings is 1. The molecule has 1 aromatic heterocycles. The number of aromatic nitrogens is 1. The Morgan fingerprint density at radius 1 is 1.43 bits per heavy atom. The first-order chi connectivity index (χ1) is 6.66. The summed E-state index contributed by atoms with van der Waals surface area (Å²) in [6.07, 6.45) is 2.35. The van der Waals surface area contributed by atoms with Crippen molar-refractivity contribution in [1.29, 1.82) is 0 Å². The molecule has 0 aliphatic heterocycles. The molecule has 4 N–H and O–H groups in total. The quantitative estimate of drug-likeness (QED) is 0.530. The van der Waals surface area contributed by atoms with Gasteiger partial charge in [-0.2, -0.15) is 4.98 Å². The molecule has 14 heavy (non-hydrogen) atoms. The Morgan fingerprint density at radius 3 is 2.64 bits per heavy atom. The average Bonchev–Trinajstić information content (AvgIpc) is 2.87. The summed E-state index contributed by atoms with van der Waals surface area (Å²) >= 11 is 0. The van der Waals surface area contributed by atoms with Gasteiger partial charge in [0.1, 0.15) is 11.9 Å². The fourth-order valence-electron chi connectivity index (χ4n) is 1.11. The molecule has 2 rings (SSSR count). The van der Waals surface area contributed by atoms with E-state index in [9.17, 15) is 0 Å². The van der Waals surface area contributed by atoms with Crippen molar-refractivity contribution in [1.82, 2.24) is 4.98 Å². The smallest absolute Gasteiger partial charge is 0.474 e. The number of hydrogen-bond acceptors (Lipinski definition) is 5. The lowest BCUT2D eigenvalue weighted by Gasteiger charge is -2.07. The normalized spacial score (nSPS) is 15.3. The third-order valence-electron chi connectivity index (χ3n) is 2.02. The highest BCUT2D eigenvalue weighted by atomic mass is 16.5. The SMILES string of the molecule is Nc1nc(OC2CC2)ccc1B(O)O. The third-order valence-corrected chi connectivity index (χ3v) is 2.02. The zero-order chi connectivity index (χ0) is 10.1. The Morgan fingerprint density at radius 2 is 2.14 bits per heavy atom. The van der Waals surface area contributed by atoms with E-state index in [0.29, 0.717) is 5.88 Å². The molecule has 1 aliphatic carbocycles. The summed E-state index contributed by atoms with van der Waals surface area (Å²) in [5, 5.41) is 17.8. The minimum Gasteiger partial charge on any atom is -0.474 e. The Balaban J connectivity index is 2.16. The molecule has 1 heterocycles. The third kappa shape index (κ3) is 1.97. The van der Waals surface area contributed by atoms with Gasteiger partial charge in [0.25, 0.3) is 0 Å². The zero-order valence-corrected chi connectivity index (χ0v) is 7.55. The van der Waals surface area contributed by atoms with Gasteiger partial charge in [0.05, 0.1) is 0 Å². The van der Waals surface area contributed by atoms with Crippen molar-refractivity contribution < 1.29 is 14.8 Å². The van der Waals surface area contributed by atoms with Crippen molar-refractivity contribution in [2.24, 2.45) is 0 Å². The van der Waals surface area contributed by atoms with Gasteiger partial charge in [0, 0.05) is 11.5 Å². The van der Waals surface area contributed by atoms with Gasteiger partial charge in [0.2, 0.25) is 5.88 Å². The summed E-state index contributed by atoms with van der Waals surface area (Å²) in [7, 11) is -1.59. The summed E-state index contributed by atoms with van der Waals surface area (Å²) < 4.78 is 5.39.